The summed E-state index contributed by atoms with van der Waals surface area (Å²) in [7, 11) is 0. The van der Waals surface area contributed by atoms with Gasteiger partial charge in [0.25, 0.3) is 0 Å². The van der Waals surface area contributed by atoms with E-state index in [4.69, 9.17) is 11.6 Å². The van der Waals surface area contributed by atoms with Crippen LogP contribution in [0.25, 0.3) is 0 Å². The quantitative estimate of drug-likeness (QED) is 0.918. The van der Waals surface area contributed by atoms with Crippen LogP contribution in [0.4, 0.5) is 4.39 Å². The Morgan fingerprint density at radius 3 is 2.77 bits per heavy atom. The number of piperazine rings is 1. The first-order valence-corrected chi connectivity index (χ1v) is 8.66. The summed E-state index contributed by atoms with van der Waals surface area (Å²) in [4.78, 5) is 4.84. The van der Waals surface area contributed by atoms with Crippen LogP contribution in [0.15, 0.2) is 18.2 Å². The van der Waals surface area contributed by atoms with E-state index in [-0.39, 0.29) is 11.9 Å². The van der Waals surface area contributed by atoms with Crippen molar-refractivity contribution in [1.82, 2.24) is 15.1 Å². The molecule has 0 spiro atoms. The molecule has 2 aliphatic rings. The molecule has 5 heteroatoms. The Kier molecular flexibility index (Phi) is 5.34. The third-order valence-electron chi connectivity index (χ3n) is 4.80. The van der Waals surface area contributed by atoms with E-state index in [0.717, 1.165) is 39.3 Å². The predicted molar refractivity (Wildman–Crippen MR) is 88.9 cm³/mol. The second kappa shape index (κ2) is 7.26. The molecule has 0 saturated carbocycles. The molecule has 1 aromatic carbocycles. The molecule has 0 bridgehead atoms. The van der Waals surface area contributed by atoms with Crippen molar-refractivity contribution in [2.24, 2.45) is 0 Å². The van der Waals surface area contributed by atoms with Crippen LogP contribution in [0.1, 0.15) is 31.4 Å². The summed E-state index contributed by atoms with van der Waals surface area (Å²) in [5.41, 5.74) is 0.671. The van der Waals surface area contributed by atoms with Crippen LogP contribution < -0.4 is 5.32 Å². The lowest BCUT2D eigenvalue weighted by molar-refractivity contribution is 0.115. The molecular weight excluding hydrogens is 301 g/mol. The number of nitrogens with zero attached hydrogens (tertiary/aromatic N) is 2. The van der Waals surface area contributed by atoms with Crippen LogP contribution in [0.5, 0.6) is 0 Å². The SMILES string of the molecule is CC1CN(C(CN2CCCC2)c2c(F)cccc2Cl)CCN1. The minimum atomic E-state index is -0.178. The minimum Gasteiger partial charge on any atom is -0.312 e. The van der Waals surface area contributed by atoms with Gasteiger partial charge in [0.1, 0.15) is 5.82 Å². The van der Waals surface area contributed by atoms with Crippen molar-refractivity contribution in [3.63, 3.8) is 0 Å². The second-order valence-corrected chi connectivity index (χ2v) is 6.92. The Morgan fingerprint density at radius 1 is 1.32 bits per heavy atom. The number of rotatable bonds is 4. The summed E-state index contributed by atoms with van der Waals surface area (Å²) in [6.07, 6.45) is 2.49. The number of hydrogen-bond donors (Lipinski definition) is 1. The Labute approximate surface area is 137 Å². The fourth-order valence-corrected chi connectivity index (χ4v) is 3.96. The number of benzene rings is 1. The Hall–Kier alpha value is -0.680. The van der Waals surface area contributed by atoms with Crippen LogP contribution in [-0.2, 0) is 0 Å². The minimum absolute atomic E-state index is 0.0383. The van der Waals surface area contributed by atoms with Gasteiger partial charge in [-0.05, 0) is 45.0 Å². The van der Waals surface area contributed by atoms with Crippen molar-refractivity contribution in [3.8, 4) is 0 Å². The van der Waals surface area contributed by atoms with E-state index in [1.807, 2.05) is 6.07 Å². The molecule has 0 aliphatic carbocycles. The van der Waals surface area contributed by atoms with Crippen molar-refractivity contribution in [1.29, 1.82) is 0 Å². The van der Waals surface area contributed by atoms with Gasteiger partial charge < -0.3 is 10.2 Å². The van der Waals surface area contributed by atoms with E-state index < -0.39 is 0 Å². The molecule has 22 heavy (non-hydrogen) atoms. The van der Waals surface area contributed by atoms with E-state index in [0.29, 0.717) is 16.6 Å². The van der Waals surface area contributed by atoms with Crippen LogP contribution in [0.2, 0.25) is 5.02 Å². The van der Waals surface area contributed by atoms with Gasteiger partial charge in [0.05, 0.1) is 6.04 Å². The van der Waals surface area contributed by atoms with Crippen LogP contribution in [-0.4, -0.2) is 55.1 Å². The molecule has 1 N–H and O–H groups in total. The standard InChI is InChI=1S/C17H25ClFN3/c1-13-11-22(10-7-20-13)16(12-21-8-2-3-9-21)17-14(18)5-4-6-15(17)19/h4-6,13,16,20H,2-3,7-12H2,1H3. The second-order valence-electron chi connectivity index (χ2n) is 6.51. The Morgan fingerprint density at radius 2 is 2.09 bits per heavy atom. The smallest absolute Gasteiger partial charge is 0.129 e. The molecule has 2 fully saturated rings. The highest BCUT2D eigenvalue weighted by molar-refractivity contribution is 6.31. The first kappa shape index (κ1) is 16.2. The van der Waals surface area contributed by atoms with Crippen LogP contribution >= 0.6 is 11.6 Å². The van der Waals surface area contributed by atoms with E-state index in [1.54, 1.807) is 6.07 Å². The summed E-state index contributed by atoms with van der Waals surface area (Å²) in [6, 6.07) is 5.50. The lowest BCUT2D eigenvalue weighted by atomic mass is 10.0. The summed E-state index contributed by atoms with van der Waals surface area (Å²) in [5.74, 6) is -0.178. The molecular formula is C17H25ClFN3. The van der Waals surface area contributed by atoms with Crippen molar-refractivity contribution in [2.45, 2.75) is 31.8 Å². The molecule has 2 unspecified atom stereocenters. The highest BCUT2D eigenvalue weighted by atomic mass is 35.5. The lowest BCUT2D eigenvalue weighted by Gasteiger charge is -2.40. The maximum atomic E-state index is 14.5. The number of halogens is 2. The molecule has 3 nitrogen and oxygen atoms in total. The summed E-state index contributed by atoms with van der Waals surface area (Å²) in [5, 5.41) is 4.01. The lowest BCUT2D eigenvalue weighted by Crippen LogP contribution is -2.52. The summed E-state index contributed by atoms with van der Waals surface area (Å²) >= 11 is 6.36. The molecule has 2 heterocycles. The van der Waals surface area contributed by atoms with E-state index in [1.165, 1.54) is 18.9 Å². The van der Waals surface area contributed by atoms with Crippen molar-refractivity contribution < 1.29 is 4.39 Å². The fourth-order valence-electron chi connectivity index (χ4n) is 3.67. The maximum absolute atomic E-state index is 14.5. The largest absolute Gasteiger partial charge is 0.312 e. The normalized spacial score (nSPS) is 25.5. The number of nitrogens with one attached hydrogen (secondary N) is 1. The fraction of sp³-hybridized carbons (Fsp3) is 0.647. The van der Waals surface area contributed by atoms with Gasteiger partial charge in [0, 0.05) is 42.8 Å². The van der Waals surface area contributed by atoms with Gasteiger partial charge >= 0.3 is 0 Å². The zero-order chi connectivity index (χ0) is 15.5. The van der Waals surface area contributed by atoms with E-state index >= 15 is 0 Å². The van der Waals surface area contributed by atoms with E-state index in [2.05, 4.69) is 22.0 Å². The highest BCUT2D eigenvalue weighted by Gasteiger charge is 2.30. The van der Waals surface area contributed by atoms with Gasteiger partial charge in [-0.2, -0.15) is 0 Å². The van der Waals surface area contributed by atoms with Crippen molar-refractivity contribution >= 4 is 11.6 Å². The molecule has 2 atom stereocenters. The van der Waals surface area contributed by atoms with Crippen molar-refractivity contribution in [3.05, 3.63) is 34.6 Å². The van der Waals surface area contributed by atoms with Gasteiger partial charge in [0.2, 0.25) is 0 Å². The van der Waals surface area contributed by atoms with Crippen LogP contribution in [0.3, 0.4) is 0 Å². The monoisotopic (exact) mass is 325 g/mol. The number of likely N-dealkylation sites (tertiary alicyclic amines) is 1. The van der Waals surface area contributed by atoms with Gasteiger partial charge in [-0.1, -0.05) is 17.7 Å². The molecule has 2 aliphatic heterocycles. The predicted octanol–water partition coefficient (Wildman–Crippen LogP) is 2.91. The molecule has 0 amide bonds. The molecule has 1 aromatic rings. The third-order valence-corrected chi connectivity index (χ3v) is 5.13. The highest BCUT2D eigenvalue weighted by Crippen LogP contribution is 2.32. The van der Waals surface area contributed by atoms with E-state index in [9.17, 15) is 4.39 Å². The number of hydrogen-bond acceptors (Lipinski definition) is 3. The first-order chi connectivity index (χ1) is 10.6. The Bertz CT molecular complexity index is 484. The zero-order valence-corrected chi connectivity index (χ0v) is 13.9. The van der Waals surface area contributed by atoms with Gasteiger partial charge in [-0.25, -0.2) is 4.39 Å². The van der Waals surface area contributed by atoms with Gasteiger partial charge in [0.15, 0.2) is 0 Å². The molecule has 122 valence electrons. The summed E-state index contributed by atoms with van der Waals surface area (Å²) < 4.78 is 14.5. The zero-order valence-electron chi connectivity index (χ0n) is 13.2. The van der Waals surface area contributed by atoms with Gasteiger partial charge in [-0.3, -0.25) is 4.90 Å². The van der Waals surface area contributed by atoms with Crippen LogP contribution in [0, 0.1) is 5.82 Å². The first-order valence-electron chi connectivity index (χ1n) is 8.29. The average molecular weight is 326 g/mol. The molecule has 3 rings (SSSR count). The molecule has 0 radical (unpaired) electrons. The third kappa shape index (κ3) is 3.62. The average Bonchev–Trinajstić information content (AvgIpc) is 2.99. The van der Waals surface area contributed by atoms with Gasteiger partial charge in [-0.15, -0.1) is 0 Å². The molecule has 0 aromatic heterocycles. The Balaban J connectivity index is 1.87. The maximum Gasteiger partial charge on any atom is 0.129 e. The summed E-state index contributed by atoms with van der Waals surface area (Å²) in [6.45, 7) is 8.10. The molecule has 2 saturated heterocycles. The topological polar surface area (TPSA) is 18.5 Å². The van der Waals surface area contributed by atoms with Crippen molar-refractivity contribution in [2.75, 3.05) is 39.3 Å².